The Hall–Kier alpha value is -2.07. The molecule has 24 heavy (non-hydrogen) atoms. The van der Waals surface area contributed by atoms with E-state index >= 15 is 0 Å². The molecule has 2 aliphatic rings. The fraction of sp³-hybridized carbons (Fsp3) is 0.316. The Kier molecular flexibility index (Phi) is 4.76. The van der Waals surface area contributed by atoms with Gasteiger partial charge in [-0.1, -0.05) is 12.1 Å². The van der Waals surface area contributed by atoms with Crippen molar-refractivity contribution in [3.63, 3.8) is 0 Å². The van der Waals surface area contributed by atoms with Gasteiger partial charge in [-0.15, -0.1) is 12.4 Å². The van der Waals surface area contributed by atoms with Gasteiger partial charge in [0.2, 0.25) is 0 Å². The highest BCUT2D eigenvalue weighted by molar-refractivity contribution is 5.95. The number of carbonyl (C=O) groups is 1. The van der Waals surface area contributed by atoms with Crippen molar-refractivity contribution in [2.24, 2.45) is 0 Å². The largest absolute Gasteiger partial charge is 0.384 e. The molecule has 0 spiro atoms. The van der Waals surface area contributed by atoms with Gasteiger partial charge in [0.05, 0.1) is 0 Å². The number of carbonyl (C=O) groups excluding carboxylic acids is 1. The molecule has 1 fully saturated rings. The smallest absolute Gasteiger partial charge is 0.254 e. The summed E-state index contributed by atoms with van der Waals surface area (Å²) in [5.74, 6) is -0.171. The van der Waals surface area contributed by atoms with E-state index in [-0.39, 0.29) is 24.1 Å². The summed E-state index contributed by atoms with van der Waals surface area (Å²) >= 11 is 0. The molecule has 0 unspecified atom stereocenters. The molecular weight excluding hydrogens is 327 g/mol. The van der Waals surface area contributed by atoms with Crippen molar-refractivity contribution in [1.82, 2.24) is 4.90 Å². The standard InChI is InChI=1S/C19H19FN2O.ClH/c20-16-4-1-13(2-5-16)12-22(17-6-7-17)19(23)15-3-8-18-14(11-15)9-10-21-18;/h1-5,8,11,17,21H,6-7,9-10,12H2;1H. The first-order valence-corrected chi connectivity index (χ1v) is 8.13. The van der Waals surface area contributed by atoms with Gasteiger partial charge < -0.3 is 10.2 Å². The number of hydrogen-bond donors (Lipinski definition) is 1. The first kappa shape index (κ1) is 16.8. The maximum atomic E-state index is 13.1. The van der Waals surface area contributed by atoms with Crippen LogP contribution < -0.4 is 5.32 Å². The second-order valence-electron chi connectivity index (χ2n) is 6.34. The van der Waals surface area contributed by atoms with Crippen LogP contribution in [0.3, 0.4) is 0 Å². The lowest BCUT2D eigenvalue weighted by Crippen LogP contribution is -2.32. The number of anilines is 1. The maximum absolute atomic E-state index is 13.1. The van der Waals surface area contributed by atoms with Gasteiger partial charge in [0.15, 0.2) is 0 Å². The van der Waals surface area contributed by atoms with Crippen molar-refractivity contribution in [2.75, 3.05) is 11.9 Å². The third-order valence-electron chi connectivity index (χ3n) is 4.58. The van der Waals surface area contributed by atoms with E-state index in [1.165, 1.54) is 17.7 Å². The normalized spacial score (nSPS) is 15.2. The molecule has 2 aromatic carbocycles. The molecule has 0 bridgehead atoms. The molecule has 1 amide bonds. The summed E-state index contributed by atoms with van der Waals surface area (Å²) in [4.78, 5) is 14.9. The average Bonchev–Trinajstić information content (AvgIpc) is 3.30. The van der Waals surface area contributed by atoms with Gasteiger partial charge in [0, 0.05) is 30.4 Å². The van der Waals surface area contributed by atoms with Crippen molar-refractivity contribution in [3.05, 3.63) is 65.0 Å². The fourth-order valence-electron chi connectivity index (χ4n) is 3.14. The predicted octanol–water partition coefficient (Wildman–Crippen LogP) is 4.02. The molecule has 1 aliphatic carbocycles. The van der Waals surface area contributed by atoms with Crippen molar-refractivity contribution >= 4 is 24.0 Å². The highest BCUT2D eigenvalue weighted by Crippen LogP contribution is 2.31. The van der Waals surface area contributed by atoms with E-state index in [9.17, 15) is 9.18 Å². The lowest BCUT2D eigenvalue weighted by atomic mass is 10.1. The van der Waals surface area contributed by atoms with E-state index < -0.39 is 0 Å². The van der Waals surface area contributed by atoms with Crippen molar-refractivity contribution in [2.45, 2.75) is 31.8 Å². The highest BCUT2D eigenvalue weighted by Gasteiger charge is 2.33. The van der Waals surface area contributed by atoms with Crippen LogP contribution >= 0.6 is 12.4 Å². The zero-order valence-corrected chi connectivity index (χ0v) is 14.1. The molecule has 3 nitrogen and oxygen atoms in total. The molecule has 1 N–H and O–H groups in total. The number of nitrogens with one attached hydrogen (secondary N) is 1. The van der Waals surface area contributed by atoms with Crippen LogP contribution in [0.1, 0.15) is 34.3 Å². The Labute approximate surface area is 147 Å². The van der Waals surface area contributed by atoms with Gasteiger partial charge in [0.25, 0.3) is 5.91 Å². The molecule has 0 radical (unpaired) electrons. The van der Waals surface area contributed by atoms with Gasteiger partial charge in [-0.3, -0.25) is 4.79 Å². The Bertz CT molecular complexity index is 744. The molecule has 4 rings (SSSR count). The molecule has 0 saturated heterocycles. The number of hydrogen-bond acceptors (Lipinski definition) is 2. The van der Waals surface area contributed by atoms with Crippen LogP contribution in [0.15, 0.2) is 42.5 Å². The van der Waals surface area contributed by atoms with E-state index in [0.29, 0.717) is 12.6 Å². The van der Waals surface area contributed by atoms with Gasteiger partial charge in [0.1, 0.15) is 5.82 Å². The van der Waals surface area contributed by atoms with Crippen LogP contribution in [0.2, 0.25) is 0 Å². The fourth-order valence-corrected chi connectivity index (χ4v) is 3.14. The Morgan fingerprint density at radius 2 is 1.92 bits per heavy atom. The number of halogens is 2. The summed E-state index contributed by atoms with van der Waals surface area (Å²) in [7, 11) is 0. The Morgan fingerprint density at radius 1 is 1.17 bits per heavy atom. The zero-order valence-electron chi connectivity index (χ0n) is 13.3. The number of rotatable bonds is 4. The van der Waals surface area contributed by atoms with E-state index in [4.69, 9.17) is 0 Å². The maximum Gasteiger partial charge on any atom is 0.254 e. The molecule has 0 atom stereocenters. The number of nitrogens with zero attached hydrogens (tertiary/aromatic N) is 1. The minimum Gasteiger partial charge on any atom is -0.384 e. The second kappa shape index (κ2) is 6.81. The monoisotopic (exact) mass is 346 g/mol. The molecule has 1 saturated carbocycles. The van der Waals surface area contributed by atoms with E-state index in [2.05, 4.69) is 5.32 Å². The molecule has 0 aromatic heterocycles. The summed E-state index contributed by atoms with van der Waals surface area (Å²) in [6, 6.07) is 12.6. The average molecular weight is 347 g/mol. The van der Waals surface area contributed by atoms with Crippen molar-refractivity contribution in [1.29, 1.82) is 0 Å². The van der Waals surface area contributed by atoms with Crippen LogP contribution in [-0.4, -0.2) is 23.4 Å². The van der Waals surface area contributed by atoms with Gasteiger partial charge in [-0.25, -0.2) is 4.39 Å². The third-order valence-corrected chi connectivity index (χ3v) is 4.58. The zero-order chi connectivity index (χ0) is 15.8. The van der Waals surface area contributed by atoms with Crippen molar-refractivity contribution < 1.29 is 9.18 Å². The second-order valence-corrected chi connectivity index (χ2v) is 6.34. The number of amides is 1. The molecule has 1 heterocycles. The quantitative estimate of drug-likeness (QED) is 0.906. The molecule has 1 aliphatic heterocycles. The summed E-state index contributed by atoms with van der Waals surface area (Å²) in [5, 5.41) is 3.32. The minimum absolute atomic E-state index is 0. The summed E-state index contributed by atoms with van der Waals surface area (Å²) in [6.07, 6.45) is 3.08. The summed E-state index contributed by atoms with van der Waals surface area (Å²) < 4.78 is 13.1. The topological polar surface area (TPSA) is 32.3 Å². The molecular formula is C19H20ClFN2O. The molecule has 126 valence electrons. The lowest BCUT2D eigenvalue weighted by Gasteiger charge is -2.23. The van der Waals surface area contributed by atoms with Crippen LogP contribution in [0, 0.1) is 5.82 Å². The van der Waals surface area contributed by atoms with E-state index in [1.54, 1.807) is 12.1 Å². The van der Waals surface area contributed by atoms with E-state index in [0.717, 1.165) is 42.6 Å². The van der Waals surface area contributed by atoms with Crippen molar-refractivity contribution in [3.8, 4) is 0 Å². The Balaban J connectivity index is 0.00000169. The SMILES string of the molecule is Cl.O=C(c1ccc2c(c1)CCN2)N(Cc1ccc(F)cc1)C1CC1. The minimum atomic E-state index is -0.246. The van der Waals surface area contributed by atoms with Crippen LogP contribution in [0.4, 0.5) is 10.1 Å². The van der Waals surface area contributed by atoms with Gasteiger partial charge in [-0.2, -0.15) is 0 Å². The Morgan fingerprint density at radius 3 is 2.62 bits per heavy atom. The summed E-state index contributed by atoms with van der Waals surface area (Å²) in [6.45, 7) is 1.48. The predicted molar refractivity (Wildman–Crippen MR) is 95.2 cm³/mol. The van der Waals surface area contributed by atoms with Gasteiger partial charge in [-0.05, 0) is 60.7 Å². The first-order chi connectivity index (χ1) is 11.2. The summed E-state index contributed by atoms with van der Waals surface area (Å²) in [5.41, 5.74) is 4.07. The van der Waals surface area contributed by atoms with E-state index in [1.807, 2.05) is 23.1 Å². The van der Waals surface area contributed by atoms with Crippen LogP contribution in [0.25, 0.3) is 0 Å². The molecule has 5 heteroatoms. The highest BCUT2D eigenvalue weighted by atomic mass is 35.5. The molecule has 2 aromatic rings. The van der Waals surface area contributed by atoms with Crippen LogP contribution in [0.5, 0.6) is 0 Å². The lowest BCUT2D eigenvalue weighted by molar-refractivity contribution is 0.0730. The van der Waals surface area contributed by atoms with Gasteiger partial charge >= 0.3 is 0 Å². The number of fused-ring (bicyclic) bond motifs is 1. The number of benzene rings is 2. The third kappa shape index (κ3) is 3.39. The first-order valence-electron chi connectivity index (χ1n) is 8.13. The van der Waals surface area contributed by atoms with Crippen LogP contribution in [-0.2, 0) is 13.0 Å².